The number of rotatable bonds is 0. The summed E-state index contributed by atoms with van der Waals surface area (Å²) in [5, 5.41) is 0. The van der Waals surface area contributed by atoms with E-state index in [0.29, 0.717) is 28.4 Å². The van der Waals surface area contributed by atoms with Crippen LogP contribution >= 0.6 is 0 Å². The normalized spacial score (nSPS) is 47.6. The first-order chi connectivity index (χ1) is 10.6. The van der Waals surface area contributed by atoms with Gasteiger partial charge >= 0.3 is 0 Å². The lowest BCUT2D eigenvalue weighted by Crippen LogP contribution is -2.52. The van der Waals surface area contributed by atoms with Gasteiger partial charge in [-0.2, -0.15) is 0 Å². The molecule has 1 spiro atoms. The molecule has 23 heavy (non-hydrogen) atoms. The quantitative estimate of drug-likeness (QED) is 0.686. The smallest absolute Gasteiger partial charge is 0.192 e. The molecular weight excluding hydrogens is 288 g/mol. The Bertz CT molecular complexity index is 683. The van der Waals surface area contributed by atoms with Gasteiger partial charge in [-0.15, -0.1) is 0 Å². The van der Waals surface area contributed by atoms with Crippen LogP contribution in [0.25, 0.3) is 0 Å². The van der Waals surface area contributed by atoms with Gasteiger partial charge in [0.05, 0.1) is 5.60 Å². The Morgan fingerprint density at radius 3 is 2.57 bits per heavy atom. The van der Waals surface area contributed by atoms with Crippen molar-refractivity contribution < 1.29 is 14.3 Å². The molecule has 1 saturated carbocycles. The predicted molar refractivity (Wildman–Crippen MR) is 87.9 cm³/mol. The first kappa shape index (κ1) is 15.3. The summed E-state index contributed by atoms with van der Waals surface area (Å²) in [7, 11) is 0. The Labute approximate surface area is 138 Å². The van der Waals surface area contributed by atoms with E-state index in [4.69, 9.17) is 4.74 Å². The first-order valence-corrected chi connectivity index (χ1v) is 8.83. The number of hydrogen-bond acceptors (Lipinski definition) is 3. The van der Waals surface area contributed by atoms with Crippen LogP contribution in [0.1, 0.15) is 53.9 Å². The molecule has 124 valence electrons. The molecule has 2 heterocycles. The average Bonchev–Trinajstić information content (AvgIpc) is 2.80. The van der Waals surface area contributed by atoms with Gasteiger partial charge in [-0.25, -0.2) is 0 Å². The first-order valence-electron chi connectivity index (χ1n) is 8.83. The molecule has 1 saturated heterocycles. The van der Waals surface area contributed by atoms with Crippen molar-refractivity contribution in [3.05, 3.63) is 23.3 Å². The average molecular weight is 314 g/mol. The van der Waals surface area contributed by atoms with E-state index in [1.165, 1.54) is 6.08 Å². The van der Waals surface area contributed by atoms with Crippen LogP contribution in [0.3, 0.4) is 0 Å². The van der Waals surface area contributed by atoms with Gasteiger partial charge in [-0.05, 0) is 68.4 Å². The van der Waals surface area contributed by atoms with Crippen molar-refractivity contribution in [2.45, 2.75) is 65.1 Å². The summed E-state index contributed by atoms with van der Waals surface area (Å²) in [6.07, 6.45) is 6.42. The number of allylic oxidation sites excluding steroid dienone is 1. The Hall–Kier alpha value is -1.22. The maximum atomic E-state index is 13.0. The van der Waals surface area contributed by atoms with Crippen LogP contribution in [0.15, 0.2) is 23.3 Å². The zero-order chi connectivity index (χ0) is 16.8. The van der Waals surface area contributed by atoms with E-state index in [1.807, 2.05) is 13.0 Å². The highest BCUT2D eigenvalue weighted by Crippen LogP contribution is 2.66. The van der Waals surface area contributed by atoms with Gasteiger partial charge in [0.25, 0.3) is 0 Å². The predicted octanol–water partition coefficient (Wildman–Crippen LogP) is 3.63. The van der Waals surface area contributed by atoms with Gasteiger partial charge in [-0.3, -0.25) is 9.59 Å². The highest BCUT2D eigenvalue weighted by atomic mass is 16.5. The largest absolute Gasteiger partial charge is 0.351 e. The lowest BCUT2D eigenvalue weighted by Gasteiger charge is -2.40. The van der Waals surface area contributed by atoms with E-state index in [-0.39, 0.29) is 17.5 Å². The highest BCUT2D eigenvalue weighted by molar-refractivity contribution is 6.23. The minimum Gasteiger partial charge on any atom is -0.351 e. The van der Waals surface area contributed by atoms with Gasteiger partial charge < -0.3 is 4.74 Å². The summed E-state index contributed by atoms with van der Waals surface area (Å²) in [5.74, 6) is 1.34. The maximum absolute atomic E-state index is 13.0. The van der Waals surface area contributed by atoms with Crippen molar-refractivity contribution in [1.82, 2.24) is 0 Å². The molecule has 0 aromatic carbocycles. The molecule has 0 amide bonds. The van der Waals surface area contributed by atoms with Crippen molar-refractivity contribution in [2.24, 2.45) is 23.2 Å². The lowest BCUT2D eigenvalue weighted by molar-refractivity contribution is -0.156. The topological polar surface area (TPSA) is 43.4 Å². The summed E-state index contributed by atoms with van der Waals surface area (Å²) in [4.78, 5) is 25.7. The third-order valence-corrected chi connectivity index (χ3v) is 7.10. The van der Waals surface area contributed by atoms with Gasteiger partial charge in [0.15, 0.2) is 17.2 Å². The van der Waals surface area contributed by atoms with E-state index in [9.17, 15) is 9.59 Å². The van der Waals surface area contributed by atoms with E-state index >= 15 is 0 Å². The number of Topliss-reactive ketones (excluding diaryl/α,β-unsaturated/α-hetero) is 1. The third-order valence-electron chi connectivity index (χ3n) is 7.10. The number of hydrogen-bond donors (Lipinski definition) is 0. The maximum Gasteiger partial charge on any atom is 0.192 e. The van der Waals surface area contributed by atoms with Crippen LogP contribution in [0.2, 0.25) is 0 Å². The highest BCUT2D eigenvalue weighted by Gasteiger charge is 2.65. The number of carbonyl (C=O) groups is 2. The van der Waals surface area contributed by atoms with Crippen LogP contribution in [0.4, 0.5) is 0 Å². The molecule has 0 aromatic heterocycles. The van der Waals surface area contributed by atoms with E-state index in [1.54, 1.807) is 6.92 Å². The molecule has 0 radical (unpaired) electrons. The monoisotopic (exact) mass is 314 g/mol. The summed E-state index contributed by atoms with van der Waals surface area (Å²) in [5.41, 5.74) is -0.0427. The number of carbonyl (C=O) groups excluding carboxylic acids is 2. The third kappa shape index (κ3) is 1.80. The SMILES string of the molecule is CC1=CC(=O)[C@]23O[C@](C)(C=C2C1=O)CC[C@H]1[C@@H](C[C@H]3C)C1(C)C. The summed E-state index contributed by atoms with van der Waals surface area (Å²) >= 11 is 0. The molecule has 5 atom stereocenters. The van der Waals surface area contributed by atoms with Crippen molar-refractivity contribution in [1.29, 1.82) is 0 Å². The molecule has 3 nitrogen and oxygen atoms in total. The lowest BCUT2D eigenvalue weighted by atomic mass is 9.70. The minimum absolute atomic E-state index is 0.00708. The molecule has 0 unspecified atom stereocenters. The van der Waals surface area contributed by atoms with Gasteiger partial charge in [0.1, 0.15) is 0 Å². The fraction of sp³-hybridized carbons (Fsp3) is 0.700. The number of ketones is 2. The zero-order valence-electron chi connectivity index (χ0n) is 14.7. The van der Waals surface area contributed by atoms with Crippen LogP contribution in [-0.2, 0) is 14.3 Å². The van der Waals surface area contributed by atoms with Crippen molar-refractivity contribution in [3.63, 3.8) is 0 Å². The van der Waals surface area contributed by atoms with E-state index in [0.717, 1.165) is 19.3 Å². The van der Waals surface area contributed by atoms with Crippen LogP contribution in [-0.4, -0.2) is 22.8 Å². The van der Waals surface area contributed by atoms with Gasteiger partial charge in [0, 0.05) is 11.1 Å². The molecule has 0 N–H and O–H groups in total. The molecular formula is C20H26O3. The number of fused-ring (bicyclic) bond motifs is 2. The van der Waals surface area contributed by atoms with E-state index in [2.05, 4.69) is 20.8 Å². The van der Waals surface area contributed by atoms with Crippen LogP contribution in [0.5, 0.6) is 0 Å². The Kier molecular flexibility index (Phi) is 2.82. The van der Waals surface area contributed by atoms with Crippen molar-refractivity contribution in [2.75, 3.05) is 0 Å². The Morgan fingerprint density at radius 2 is 1.87 bits per heavy atom. The van der Waals surface area contributed by atoms with Crippen molar-refractivity contribution in [3.8, 4) is 0 Å². The molecule has 2 aliphatic heterocycles. The van der Waals surface area contributed by atoms with Gasteiger partial charge in [0.2, 0.25) is 0 Å². The summed E-state index contributed by atoms with van der Waals surface area (Å²) in [6.45, 7) is 10.5. The molecule has 0 aromatic rings. The van der Waals surface area contributed by atoms with Crippen LogP contribution in [0, 0.1) is 23.2 Å². The van der Waals surface area contributed by atoms with Gasteiger partial charge in [-0.1, -0.05) is 20.8 Å². The summed E-state index contributed by atoms with van der Waals surface area (Å²) < 4.78 is 6.43. The fourth-order valence-electron chi connectivity index (χ4n) is 5.48. The standard InChI is InChI=1S/C20H26O3/c1-11-8-16(21)20-12(2)9-14-13(18(14,3)4)6-7-19(5,23-20)10-15(20)17(11)22/h8,10,12-14H,6-7,9H2,1-5H3/t12-,13+,14-,19+,20-/m1/s1. The summed E-state index contributed by atoms with van der Waals surface area (Å²) in [6, 6.07) is 0. The van der Waals surface area contributed by atoms with Crippen LogP contribution < -0.4 is 0 Å². The molecule has 2 bridgehead atoms. The molecule has 2 aliphatic carbocycles. The van der Waals surface area contributed by atoms with Crippen molar-refractivity contribution >= 4 is 11.6 Å². The van der Waals surface area contributed by atoms with E-state index < -0.39 is 11.2 Å². The molecule has 4 aliphatic rings. The zero-order valence-corrected chi connectivity index (χ0v) is 14.7. The molecule has 2 fully saturated rings. The second kappa shape index (κ2) is 4.24. The second-order valence-electron chi connectivity index (χ2n) is 8.94. The Balaban J connectivity index is 1.84. The fourth-order valence-corrected chi connectivity index (χ4v) is 5.48. The number of ether oxygens (including phenoxy) is 1. The minimum atomic E-state index is -1.04. The Morgan fingerprint density at radius 1 is 1.17 bits per heavy atom. The molecule has 3 heteroatoms. The molecule has 4 rings (SSSR count). The second-order valence-corrected chi connectivity index (χ2v) is 8.94.